The van der Waals surface area contributed by atoms with Crippen LogP contribution in [0, 0.1) is 20.8 Å². The van der Waals surface area contributed by atoms with Gasteiger partial charge in [-0.2, -0.15) is 0 Å². The number of aliphatic hydroxyl groups is 1. The van der Waals surface area contributed by atoms with Gasteiger partial charge in [0.2, 0.25) is 0 Å². The number of amides is 1. The smallest absolute Gasteiger partial charge is 0.300 e. The minimum Gasteiger partial charge on any atom is -0.507 e. The lowest BCUT2D eigenvalue weighted by molar-refractivity contribution is -0.132. The molecule has 33 heavy (non-hydrogen) atoms. The first-order valence-electron chi connectivity index (χ1n) is 10.5. The molecule has 6 heteroatoms. The number of carbonyl (C=O) groups is 2. The van der Waals surface area contributed by atoms with Gasteiger partial charge >= 0.3 is 0 Å². The summed E-state index contributed by atoms with van der Waals surface area (Å²) in [6.07, 6.45) is 0. The predicted molar refractivity (Wildman–Crippen MR) is 130 cm³/mol. The lowest BCUT2D eigenvalue weighted by Gasteiger charge is -2.27. The third-order valence-electron chi connectivity index (χ3n) is 6.04. The molecule has 168 valence electrons. The lowest BCUT2D eigenvalue weighted by Crippen LogP contribution is -2.30. The highest BCUT2D eigenvalue weighted by Gasteiger charge is 2.47. The zero-order valence-corrected chi connectivity index (χ0v) is 19.6. The summed E-state index contributed by atoms with van der Waals surface area (Å²) < 4.78 is 5.43. The molecule has 0 aliphatic carbocycles. The Morgan fingerprint density at radius 2 is 1.70 bits per heavy atom. The maximum absolute atomic E-state index is 13.4. The first kappa shape index (κ1) is 22.6. The van der Waals surface area contributed by atoms with E-state index in [0.29, 0.717) is 16.3 Å². The number of hydrogen-bond donors (Lipinski definition) is 1. The molecule has 1 heterocycles. The van der Waals surface area contributed by atoms with E-state index in [4.69, 9.17) is 16.3 Å². The van der Waals surface area contributed by atoms with E-state index in [9.17, 15) is 14.7 Å². The zero-order valence-electron chi connectivity index (χ0n) is 18.8. The number of Topliss-reactive ketones (excluding diaryl/α,β-unsaturated/α-hetero) is 1. The van der Waals surface area contributed by atoms with Crippen molar-refractivity contribution in [1.82, 2.24) is 0 Å². The Morgan fingerprint density at radius 3 is 2.36 bits per heavy atom. The van der Waals surface area contributed by atoms with Crippen molar-refractivity contribution in [2.24, 2.45) is 0 Å². The molecule has 4 rings (SSSR count). The number of aryl methyl sites for hydroxylation is 2. The van der Waals surface area contributed by atoms with Crippen molar-refractivity contribution < 1.29 is 19.4 Å². The summed E-state index contributed by atoms with van der Waals surface area (Å²) in [5, 5.41) is 11.7. The molecule has 5 nitrogen and oxygen atoms in total. The second-order valence-electron chi connectivity index (χ2n) is 8.13. The Hall–Kier alpha value is -3.57. The average Bonchev–Trinajstić information content (AvgIpc) is 3.06. The molecule has 1 N–H and O–H groups in total. The Morgan fingerprint density at radius 1 is 1.00 bits per heavy atom. The fourth-order valence-corrected chi connectivity index (χ4v) is 4.64. The van der Waals surface area contributed by atoms with Crippen molar-refractivity contribution in [2.45, 2.75) is 26.8 Å². The molecule has 0 bridgehead atoms. The van der Waals surface area contributed by atoms with Gasteiger partial charge in [-0.1, -0.05) is 54.1 Å². The van der Waals surface area contributed by atoms with Gasteiger partial charge in [0.05, 0.1) is 29.3 Å². The maximum Gasteiger partial charge on any atom is 0.300 e. The van der Waals surface area contributed by atoms with Gasteiger partial charge in [0.1, 0.15) is 11.5 Å². The van der Waals surface area contributed by atoms with E-state index in [-0.39, 0.29) is 22.6 Å². The molecule has 1 amide bonds. The van der Waals surface area contributed by atoms with Crippen LogP contribution in [-0.2, 0) is 9.59 Å². The summed E-state index contributed by atoms with van der Waals surface area (Å²) in [6, 6.07) is 17.4. The van der Waals surface area contributed by atoms with Gasteiger partial charge in [0.25, 0.3) is 11.7 Å². The molecule has 1 aliphatic heterocycles. The normalized spacial score (nSPS) is 17.5. The van der Waals surface area contributed by atoms with E-state index in [1.165, 1.54) is 12.0 Å². The summed E-state index contributed by atoms with van der Waals surface area (Å²) >= 11 is 6.35. The zero-order chi connectivity index (χ0) is 23.9. The number of ketones is 1. The molecule has 3 aromatic rings. The van der Waals surface area contributed by atoms with Gasteiger partial charge in [0, 0.05) is 5.69 Å². The van der Waals surface area contributed by atoms with Crippen LogP contribution in [0.4, 0.5) is 5.69 Å². The van der Waals surface area contributed by atoms with Gasteiger partial charge in [-0.25, -0.2) is 0 Å². The molecule has 0 spiro atoms. The molecule has 1 fully saturated rings. The van der Waals surface area contributed by atoms with E-state index >= 15 is 0 Å². The molecular formula is C27H24ClNO4. The van der Waals surface area contributed by atoms with E-state index in [0.717, 1.165) is 16.7 Å². The number of anilines is 1. The minimum atomic E-state index is -0.810. The Balaban J connectivity index is 2.03. The summed E-state index contributed by atoms with van der Waals surface area (Å²) in [4.78, 5) is 28.2. The van der Waals surface area contributed by atoms with Crippen molar-refractivity contribution in [3.8, 4) is 5.75 Å². The van der Waals surface area contributed by atoms with Crippen LogP contribution in [0.5, 0.6) is 5.75 Å². The molecule has 1 saturated heterocycles. The number of methoxy groups -OCH3 is 1. The van der Waals surface area contributed by atoms with Crippen molar-refractivity contribution in [1.29, 1.82) is 0 Å². The van der Waals surface area contributed by atoms with Crippen molar-refractivity contribution >= 4 is 34.7 Å². The summed E-state index contributed by atoms with van der Waals surface area (Å²) in [5.74, 6) is -1.54. The van der Waals surface area contributed by atoms with Gasteiger partial charge in [-0.3, -0.25) is 14.5 Å². The van der Waals surface area contributed by atoms with Crippen molar-refractivity contribution in [3.63, 3.8) is 0 Å². The summed E-state index contributed by atoms with van der Waals surface area (Å²) in [6.45, 7) is 5.69. The standard InChI is InChI=1S/C27H24ClNO4/c1-15-13-19(26(33-4)20(28)14-15)24(30)22-23(18-10-6-5-7-11-18)29(27(32)25(22)31)21-12-8-9-16(2)17(21)3/h5-14,23,30H,1-4H3/b24-22+. The molecule has 1 aliphatic rings. The van der Waals surface area contributed by atoms with Gasteiger partial charge in [0.15, 0.2) is 0 Å². The molecule has 1 unspecified atom stereocenters. The van der Waals surface area contributed by atoms with E-state index < -0.39 is 17.7 Å². The van der Waals surface area contributed by atoms with Crippen molar-refractivity contribution in [2.75, 3.05) is 12.0 Å². The summed E-state index contributed by atoms with van der Waals surface area (Å²) in [5.41, 5.74) is 4.25. The van der Waals surface area contributed by atoms with Crippen LogP contribution < -0.4 is 9.64 Å². The van der Waals surface area contributed by atoms with Crippen LogP contribution in [0.15, 0.2) is 66.2 Å². The molecule has 1 atom stereocenters. The third kappa shape index (κ3) is 3.79. The second-order valence-corrected chi connectivity index (χ2v) is 8.53. The molecule has 0 saturated carbocycles. The topological polar surface area (TPSA) is 66.8 Å². The largest absolute Gasteiger partial charge is 0.507 e. The van der Waals surface area contributed by atoms with Crippen LogP contribution in [-0.4, -0.2) is 23.9 Å². The lowest BCUT2D eigenvalue weighted by atomic mass is 9.94. The number of carbonyl (C=O) groups excluding carboxylic acids is 2. The Kier molecular flexibility index (Phi) is 6.00. The summed E-state index contributed by atoms with van der Waals surface area (Å²) in [7, 11) is 1.44. The number of halogens is 1. The molecule has 0 radical (unpaired) electrons. The average molecular weight is 462 g/mol. The number of rotatable bonds is 4. The fourth-order valence-electron chi connectivity index (χ4n) is 4.29. The van der Waals surface area contributed by atoms with Gasteiger partial charge in [-0.05, 0) is 61.2 Å². The molecule has 3 aromatic carbocycles. The number of ether oxygens (including phenoxy) is 1. The Bertz CT molecular complexity index is 1300. The van der Waals surface area contributed by atoms with E-state index in [2.05, 4.69) is 0 Å². The Labute approximate surface area is 197 Å². The SMILES string of the molecule is COc1c(Cl)cc(C)cc1/C(O)=C1\C(=O)C(=O)N(c2cccc(C)c2C)C1c1ccccc1. The number of aliphatic hydroxyl groups excluding tert-OH is 1. The van der Waals surface area contributed by atoms with Crippen molar-refractivity contribution in [3.05, 3.63) is 99.1 Å². The second kappa shape index (κ2) is 8.75. The number of benzene rings is 3. The molecular weight excluding hydrogens is 438 g/mol. The quantitative estimate of drug-likeness (QED) is 0.298. The van der Waals surface area contributed by atoms with Crippen LogP contribution in [0.2, 0.25) is 5.02 Å². The van der Waals surface area contributed by atoms with E-state index in [1.54, 1.807) is 12.1 Å². The van der Waals surface area contributed by atoms with Crippen LogP contribution in [0.25, 0.3) is 5.76 Å². The first-order valence-corrected chi connectivity index (χ1v) is 10.9. The maximum atomic E-state index is 13.4. The van der Waals surface area contributed by atoms with Crippen LogP contribution in [0.3, 0.4) is 0 Å². The fraction of sp³-hybridized carbons (Fsp3) is 0.185. The van der Waals surface area contributed by atoms with Crippen LogP contribution in [0.1, 0.15) is 33.9 Å². The highest BCUT2D eigenvalue weighted by molar-refractivity contribution is 6.52. The molecule has 0 aromatic heterocycles. The van der Waals surface area contributed by atoms with E-state index in [1.807, 2.05) is 69.3 Å². The minimum absolute atomic E-state index is 0.00734. The highest BCUT2D eigenvalue weighted by atomic mass is 35.5. The van der Waals surface area contributed by atoms with Crippen LogP contribution >= 0.6 is 11.6 Å². The van der Waals surface area contributed by atoms with Gasteiger partial charge in [-0.15, -0.1) is 0 Å². The predicted octanol–water partition coefficient (Wildman–Crippen LogP) is 5.90. The van der Waals surface area contributed by atoms with Gasteiger partial charge < -0.3 is 9.84 Å². The highest BCUT2D eigenvalue weighted by Crippen LogP contribution is 2.45. The number of hydrogen-bond acceptors (Lipinski definition) is 4. The first-order chi connectivity index (χ1) is 15.8. The monoisotopic (exact) mass is 461 g/mol. The third-order valence-corrected chi connectivity index (χ3v) is 6.32. The number of nitrogens with zero attached hydrogens (tertiary/aromatic N) is 1.